The molecule has 30 heavy (non-hydrogen) atoms. The number of nitrogens with zero attached hydrogens (tertiary/aromatic N) is 4. The number of thiazole rings is 1. The van der Waals surface area contributed by atoms with Crippen molar-refractivity contribution in [2.75, 3.05) is 17.2 Å². The molecule has 1 fully saturated rings. The molecule has 0 bridgehead atoms. The summed E-state index contributed by atoms with van der Waals surface area (Å²) in [4.78, 5) is 17.7. The zero-order chi connectivity index (χ0) is 21.3. The maximum absolute atomic E-state index is 10.4. The van der Waals surface area contributed by atoms with E-state index in [1.807, 2.05) is 31.4 Å². The summed E-state index contributed by atoms with van der Waals surface area (Å²) in [5.74, 6) is 0.492. The van der Waals surface area contributed by atoms with Crippen LogP contribution in [0.5, 0.6) is 0 Å². The van der Waals surface area contributed by atoms with Gasteiger partial charge < -0.3 is 26.0 Å². The molecule has 5 N–H and O–H groups in total. The number of anilines is 3. The SMILES string of the molecule is Cc1cc(Nc2ncc(-c3cscn3)c(NC3CC(CO)C(O)C3O)n2)cc(C)n1. The van der Waals surface area contributed by atoms with Crippen LogP contribution < -0.4 is 10.6 Å². The fraction of sp³-hybridized carbons (Fsp3) is 0.400. The zero-order valence-corrected chi connectivity index (χ0v) is 17.5. The molecular weight excluding hydrogens is 404 g/mol. The van der Waals surface area contributed by atoms with Gasteiger partial charge in [0.1, 0.15) is 11.9 Å². The molecule has 0 saturated heterocycles. The van der Waals surface area contributed by atoms with Crippen LogP contribution in [-0.4, -0.2) is 60.1 Å². The van der Waals surface area contributed by atoms with E-state index in [0.29, 0.717) is 23.8 Å². The highest BCUT2D eigenvalue weighted by Gasteiger charge is 2.41. The molecule has 1 aliphatic carbocycles. The topological polar surface area (TPSA) is 136 Å². The molecule has 4 atom stereocenters. The lowest BCUT2D eigenvalue weighted by molar-refractivity contribution is 0.00446. The smallest absolute Gasteiger partial charge is 0.229 e. The van der Waals surface area contributed by atoms with Crippen LogP contribution in [0.1, 0.15) is 17.8 Å². The molecule has 3 aromatic heterocycles. The molecule has 3 heterocycles. The average molecular weight is 429 g/mol. The van der Waals surface area contributed by atoms with Crippen molar-refractivity contribution in [1.29, 1.82) is 0 Å². The van der Waals surface area contributed by atoms with Gasteiger partial charge in [-0.25, -0.2) is 9.97 Å². The molecule has 0 radical (unpaired) electrons. The van der Waals surface area contributed by atoms with Crippen molar-refractivity contribution < 1.29 is 15.3 Å². The number of hydrogen-bond donors (Lipinski definition) is 5. The Morgan fingerprint density at radius 2 is 1.87 bits per heavy atom. The molecule has 0 aromatic carbocycles. The van der Waals surface area contributed by atoms with Crippen LogP contribution >= 0.6 is 11.3 Å². The molecule has 9 nitrogen and oxygen atoms in total. The third kappa shape index (κ3) is 4.26. The summed E-state index contributed by atoms with van der Waals surface area (Å²) in [6.45, 7) is 3.65. The van der Waals surface area contributed by atoms with Crippen molar-refractivity contribution >= 4 is 28.8 Å². The highest BCUT2D eigenvalue weighted by molar-refractivity contribution is 7.07. The normalized spacial score (nSPS) is 23.5. The first-order valence-corrected chi connectivity index (χ1v) is 10.6. The van der Waals surface area contributed by atoms with Crippen LogP contribution in [0.2, 0.25) is 0 Å². The molecule has 0 amide bonds. The first kappa shape index (κ1) is 20.6. The van der Waals surface area contributed by atoms with E-state index >= 15 is 0 Å². The number of aliphatic hydroxyl groups is 3. The van der Waals surface area contributed by atoms with Gasteiger partial charge in [0.25, 0.3) is 0 Å². The van der Waals surface area contributed by atoms with Crippen LogP contribution in [0.4, 0.5) is 17.5 Å². The number of aliphatic hydroxyl groups excluding tert-OH is 3. The molecular formula is C20H24N6O3S. The highest BCUT2D eigenvalue weighted by atomic mass is 32.1. The van der Waals surface area contributed by atoms with Crippen LogP contribution in [0, 0.1) is 19.8 Å². The maximum Gasteiger partial charge on any atom is 0.229 e. The molecule has 4 unspecified atom stereocenters. The van der Waals surface area contributed by atoms with Crippen LogP contribution in [-0.2, 0) is 0 Å². The number of hydrogen-bond acceptors (Lipinski definition) is 10. The molecule has 0 spiro atoms. The standard InChI is InChI=1S/C20H24N6O3S/c1-10-3-13(4-11(2)23-10)24-20-21-6-14(16-8-30-9-22-16)19(26-20)25-15-5-12(7-27)17(28)18(15)29/h3-4,6,8-9,12,15,17-18,27-29H,5,7H2,1-2H3,(H2,21,23,24,25,26). The number of rotatable bonds is 6. The lowest BCUT2D eigenvalue weighted by atomic mass is 10.1. The van der Waals surface area contributed by atoms with Gasteiger partial charge in [-0.2, -0.15) is 4.98 Å². The summed E-state index contributed by atoms with van der Waals surface area (Å²) in [5, 5.41) is 38.3. The minimum absolute atomic E-state index is 0.188. The molecule has 10 heteroatoms. The third-order valence-corrected chi connectivity index (χ3v) is 5.78. The average Bonchev–Trinajstić information content (AvgIpc) is 3.32. The Bertz CT molecular complexity index is 996. The Kier molecular flexibility index (Phi) is 5.91. The highest BCUT2D eigenvalue weighted by Crippen LogP contribution is 2.33. The van der Waals surface area contributed by atoms with Crippen molar-refractivity contribution in [3.8, 4) is 11.3 Å². The summed E-state index contributed by atoms with van der Waals surface area (Å²) in [5.41, 5.74) is 5.73. The van der Waals surface area contributed by atoms with Gasteiger partial charge in [0, 0.05) is 41.2 Å². The predicted octanol–water partition coefficient (Wildman–Crippen LogP) is 1.87. The van der Waals surface area contributed by atoms with Crippen molar-refractivity contribution in [3.05, 3.63) is 40.6 Å². The molecule has 4 rings (SSSR count). The number of nitrogens with one attached hydrogen (secondary N) is 2. The van der Waals surface area contributed by atoms with Gasteiger partial charge in [0.15, 0.2) is 0 Å². The number of aryl methyl sites for hydroxylation is 2. The van der Waals surface area contributed by atoms with Crippen LogP contribution in [0.15, 0.2) is 29.2 Å². The summed E-state index contributed by atoms with van der Waals surface area (Å²) < 4.78 is 0. The van der Waals surface area contributed by atoms with Crippen molar-refractivity contribution in [2.45, 2.75) is 38.5 Å². The quantitative estimate of drug-likeness (QED) is 0.398. The van der Waals surface area contributed by atoms with Gasteiger partial charge in [0.05, 0.1) is 28.9 Å². The van der Waals surface area contributed by atoms with E-state index in [0.717, 1.165) is 22.8 Å². The predicted molar refractivity (Wildman–Crippen MR) is 115 cm³/mol. The Morgan fingerprint density at radius 1 is 1.10 bits per heavy atom. The summed E-state index contributed by atoms with van der Waals surface area (Å²) in [6.07, 6.45) is 0.0967. The fourth-order valence-corrected chi connectivity index (χ4v) is 4.30. The van der Waals surface area contributed by atoms with E-state index in [9.17, 15) is 15.3 Å². The fourth-order valence-electron chi connectivity index (χ4n) is 3.75. The molecule has 1 saturated carbocycles. The molecule has 1 aliphatic rings. The van der Waals surface area contributed by atoms with E-state index in [2.05, 4.69) is 30.6 Å². The zero-order valence-electron chi connectivity index (χ0n) is 16.6. The Hall–Kier alpha value is -2.66. The van der Waals surface area contributed by atoms with Gasteiger partial charge in [-0.15, -0.1) is 11.3 Å². The minimum atomic E-state index is -1.01. The van der Waals surface area contributed by atoms with Crippen molar-refractivity contribution in [1.82, 2.24) is 19.9 Å². The summed E-state index contributed by atoms with van der Waals surface area (Å²) >= 11 is 1.46. The Morgan fingerprint density at radius 3 is 2.50 bits per heavy atom. The lowest BCUT2D eigenvalue weighted by Crippen LogP contribution is -2.35. The van der Waals surface area contributed by atoms with Gasteiger partial charge in [-0.1, -0.05) is 0 Å². The van der Waals surface area contributed by atoms with Crippen molar-refractivity contribution in [3.63, 3.8) is 0 Å². The van der Waals surface area contributed by atoms with Gasteiger partial charge >= 0.3 is 0 Å². The second kappa shape index (κ2) is 8.60. The van der Waals surface area contributed by atoms with Crippen LogP contribution in [0.25, 0.3) is 11.3 Å². The summed E-state index contributed by atoms with van der Waals surface area (Å²) in [7, 11) is 0. The van der Waals surface area contributed by atoms with Gasteiger partial charge in [-0.05, 0) is 32.4 Å². The van der Waals surface area contributed by atoms with E-state index in [4.69, 9.17) is 0 Å². The monoisotopic (exact) mass is 428 g/mol. The largest absolute Gasteiger partial charge is 0.396 e. The molecule has 0 aliphatic heterocycles. The molecule has 3 aromatic rings. The first-order chi connectivity index (χ1) is 14.4. The summed E-state index contributed by atoms with van der Waals surface area (Å²) in [6, 6.07) is 3.35. The van der Waals surface area contributed by atoms with E-state index in [1.165, 1.54) is 11.3 Å². The van der Waals surface area contributed by atoms with E-state index in [-0.39, 0.29) is 12.5 Å². The van der Waals surface area contributed by atoms with Crippen LogP contribution in [0.3, 0.4) is 0 Å². The van der Waals surface area contributed by atoms with Crippen molar-refractivity contribution in [2.24, 2.45) is 5.92 Å². The second-order valence-electron chi connectivity index (χ2n) is 7.50. The Labute approximate surface area is 177 Å². The lowest BCUT2D eigenvalue weighted by Gasteiger charge is -2.20. The number of pyridine rings is 1. The van der Waals surface area contributed by atoms with Gasteiger partial charge in [0.2, 0.25) is 5.95 Å². The molecule has 158 valence electrons. The van der Waals surface area contributed by atoms with E-state index in [1.54, 1.807) is 11.7 Å². The second-order valence-corrected chi connectivity index (χ2v) is 8.22. The maximum atomic E-state index is 10.4. The first-order valence-electron chi connectivity index (χ1n) is 9.66. The minimum Gasteiger partial charge on any atom is -0.396 e. The van der Waals surface area contributed by atoms with E-state index < -0.39 is 18.2 Å². The Balaban J connectivity index is 1.65. The van der Waals surface area contributed by atoms with Gasteiger partial charge in [-0.3, -0.25) is 4.98 Å². The third-order valence-electron chi connectivity index (χ3n) is 5.19. The number of aromatic nitrogens is 4.